The summed E-state index contributed by atoms with van der Waals surface area (Å²) in [6.07, 6.45) is 4.86. The summed E-state index contributed by atoms with van der Waals surface area (Å²) in [5.41, 5.74) is 2.82. The molecule has 0 saturated carbocycles. The van der Waals surface area contributed by atoms with Crippen LogP contribution in [0.4, 0.5) is 0 Å². The van der Waals surface area contributed by atoms with Gasteiger partial charge in [0.15, 0.2) is 0 Å². The molecule has 0 saturated heterocycles. The molecule has 0 N–H and O–H groups in total. The molecule has 0 aliphatic heterocycles. The molecule has 1 rings (SSSR count). The molecule has 0 amide bonds. The molecule has 0 radical (unpaired) electrons. The topological polar surface area (TPSA) is 0 Å². The average molecular weight is 317 g/mol. The third kappa shape index (κ3) is 15.4. The average Bonchev–Trinajstić information content (AvgIpc) is 2.55. The molecule has 0 aliphatic carbocycles. The van der Waals surface area contributed by atoms with Gasteiger partial charge >= 0.3 is 0 Å². The van der Waals surface area contributed by atoms with Crippen molar-refractivity contribution in [3.63, 3.8) is 0 Å². The highest BCUT2D eigenvalue weighted by molar-refractivity contribution is 5.17. The van der Waals surface area contributed by atoms with Crippen LogP contribution < -0.4 is 0 Å². The zero-order chi connectivity index (χ0) is 18.3. The first kappa shape index (κ1) is 24.0. The van der Waals surface area contributed by atoms with E-state index in [2.05, 4.69) is 91.6 Å². The van der Waals surface area contributed by atoms with Crippen molar-refractivity contribution in [2.24, 2.45) is 17.8 Å². The normalized spacial score (nSPS) is 11.1. The molecule has 1 unspecified atom stereocenters. The van der Waals surface area contributed by atoms with Crippen molar-refractivity contribution in [3.05, 3.63) is 61.2 Å². The second kappa shape index (κ2) is 15.6. The van der Waals surface area contributed by atoms with Crippen LogP contribution in [-0.2, 0) is 6.42 Å². The Kier molecular flexibility index (Phi) is 16.2. The van der Waals surface area contributed by atoms with Gasteiger partial charge in [-0.3, -0.25) is 0 Å². The van der Waals surface area contributed by atoms with Crippen LogP contribution in [0, 0.1) is 17.8 Å². The first-order valence-corrected chi connectivity index (χ1v) is 9.08. The minimum atomic E-state index is 0.598. The summed E-state index contributed by atoms with van der Waals surface area (Å²) in [6.45, 7) is 23.7. The summed E-state index contributed by atoms with van der Waals surface area (Å²) < 4.78 is 0. The van der Waals surface area contributed by atoms with Crippen molar-refractivity contribution in [1.29, 1.82) is 0 Å². The quantitative estimate of drug-likeness (QED) is 0.452. The predicted molar refractivity (Wildman–Crippen MR) is 109 cm³/mol. The van der Waals surface area contributed by atoms with E-state index in [-0.39, 0.29) is 0 Å². The van der Waals surface area contributed by atoms with Crippen molar-refractivity contribution in [1.82, 2.24) is 0 Å². The number of allylic oxidation sites excluding steroid dienone is 1. The highest BCUT2D eigenvalue weighted by atomic mass is 14.1. The molecule has 0 fully saturated rings. The van der Waals surface area contributed by atoms with Gasteiger partial charge in [0, 0.05) is 0 Å². The zero-order valence-electron chi connectivity index (χ0n) is 16.6. The number of rotatable bonds is 7. The lowest BCUT2D eigenvalue weighted by Crippen LogP contribution is -2.04. The Morgan fingerprint density at radius 2 is 1.39 bits per heavy atom. The van der Waals surface area contributed by atoms with E-state index < -0.39 is 0 Å². The van der Waals surface area contributed by atoms with E-state index in [0.717, 1.165) is 18.3 Å². The third-order valence-corrected chi connectivity index (χ3v) is 3.94. The second-order valence-electron chi connectivity index (χ2n) is 6.98. The van der Waals surface area contributed by atoms with Gasteiger partial charge in [0.1, 0.15) is 0 Å². The maximum Gasteiger partial charge on any atom is -0.0194 e. The molecule has 1 aromatic rings. The maximum absolute atomic E-state index is 4.22. The summed E-state index contributed by atoms with van der Waals surface area (Å²) in [5.74, 6) is 2.26. The third-order valence-electron chi connectivity index (χ3n) is 3.94. The summed E-state index contributed by atoms with van der Waals surface area (Å²) in [7, 11) is 0. The summed E-state index contributed by atoms with van der Waals surface area (Å²) >= 11 is 0. The maximum atomic E-state index is 4.22. The summed E-state index contributed by atoms with van der Waals surface area (Å²) in [5, 5.41) is 0. The molecule has 0 heterocycles. The first-order valence-electron chi connectivity index (χ1n) is 9.08. The molecule has 0 heteroatoms. The fraction of sp³-hybridized carbons (Fsp3) is 0.565. The molecular formula is C23H40. The molecular weight excluding hydrogens is 276 g/mol. The largest absolute Gasteiger partial charge is 0.106 e. The van der Waals surface area contributed by atoms with Gasteiger partial charge < -0.3 is 0 Å². The van der Waals surface area contributed by atoms with Gasteiger partial charge in [-0.2, -0.15) is 0 Å². The van der Waals surface area contributed by atoms with E-state index in [9.17, 15) is 0 Å². The Morgan fingerprint density at radius 1 is 0.913 bits per heavy atom. The van der Waals surface area contributed by atoms with Crippen LogP contribution in [0.2, 0.25) is 0 Å². The lowest BCUT2D eigenvalue weighted by atomic mass is 9.90. The Balaban J connectivity index is 0. The second-order valence-corrected chi connectivity index (χ2v) is 6.98. The summed E-state index contributed by atoms with van der Waals surface area (Å²) in [4.78, 5) is 0. The van der Waals surface area contributed by atoms with Gasteiger partial charge in [0.25, 0.3) is 0 Å². The van der Waals surface area contributed by atoms with Crippen LogP contribution in [0.15, 0.2) is 55.6 Å². The molecule has 0 nitrogen and oxygen atoms in total. The van der Waals surface area contributed by atoms with Gasteiger partial charge in [0.2, 0.25) is 0 Å². The fourth-order valence-electron chi connectivity index (χ4n) is 1.83. The Morgan fingerprint density at radius 3 is 1.78 bits per heavy atom. The zero-order valence-corrected chi connectivity index (χ0v) is 16.6. The van der Waals surface area contributed by atoms with Gasteiger partial charge in [-0.05, 0) is 42.6 Å². The van der Waals surface area contributed by atoms with E-state index in [1.807, 2.05) is 0 Å². The molecule has 23 heavy (non-hydrogen) atoms. The van der Waals surface area contributed by atoms with Gasteiger partial charge in [-0.25, -0.2) is 0 Å². The van der Waals surface area contributed by atoms with Crippen molar-refractivity contribution < 1.29 is 0 Å². The van der Waals surface area contributed by atoms with E-state index in [1.165, 1.54) is 30.4 Å². The number of hydrogen-bond donors (Lipinski definition) is 0. The molecule has 0 aliphatic rings. The van der Waals surface area contributed by atoms with Crippen LogP contribution in [-0.4, -0.2) is 0 Å². The SMILES string of the molecule is C=C.C=C(CCC(C)C)C(C)Cc1ccccc1.CCC(C)C. The van der Waals surface area contributed by atoms with Gasteiger partial charge in [-0.1, -0.05) is 90.4 Å². The standard InChI is InChI=1S/C16H24.C5H12.C2H4/c1-13(2)10-11-14(3)15(4)12-16-8-6-5-7-9-16;1-4-5(2)3;1-2/h5-9,13,15H,3,10-12H2,1-2,4H3;5H,4H2,1-3H3;1-2H2. The van der Waals surface area contributed by atoms with Crippen molar-refractivity contribution in [2.75, 3.05) is 0 Å². The van der Waals surface area contributed by atoms with Crippen LogP contribution in [0.25, 0.3) is 0 Å². The van der Waals surface area contributed by atoms with Crippen molar-refractivity contribution in [3.8, 4) is 0 Å². The smallest absolute Gasteiger partial charge is 0.0194 e. The van der Waals surface area contributed by atoms with Crippen LogP contribution >= 0.6 is 0 Å². The lowest BCUT2D eigenvalue weighted by Gasteiger charge is -2.15. The molecule has 0 spiro atoms. The molecule has 1 atom stereocenters. The first-order chi connectivity index (χ1) is 10.9. The highest BCUT2D eigenvalue weighted by Crippen LogP contribution is 2.21. The predicted octanol–water partition coefficient (Wildman–Crippen LogP) is 7.71. The lowest BCUT2D eigenvalue weighted by molar-refractivity contribution is 0.547. The van der Waals surface area contributed by atoms with Crippen molar-refractivity contribution in [2.45, 2.75) is 67.2 Å². The van der Waals surface area contributed by atoms with E-state index in [4.69, 9.17) is 0 Å². The van der Waals surface area contributed by atoms with E-state index >= 15 is 0 Å². The highest BCUT2D eigenvalue weighted by Gasteiger charge is 2.08. The van der Waals surface area contributed by atoms with Crippen LogP contribution in [0.3, 0.4) is 0 Å². The van der Waals surface area contributed by atoms with E-state index in [1.54, 1.807) is 0 Å². The Labute approximate surface area is 146 Å². The number of benzene rings is 1. The van der Waals surface area contributed by atoms with Crippen molar-refractivity contribution >= 4 is 0 Å². The molecule has 132 valence electrons. The fourth-order valence-corrected chi connectivity index (χ4v) is 1.83. The Bertz CT molecular complexity index is 372. The van der Waals surface area contributed by atoms with Gasteiger partial charge in [-0.15, -0.1) is 13.2 Å². The summed E-state index contributed by atoms with van der Waals surface area (Å²) in [6, 6.07) is 10.7. The molecule has 0 aromatic heterocycles. The van der Waals surface area contributed by atoms with Gasteiger partial charge in [0.05, 0.1) is 0 Å². The molecule has 0 bridgehead atoms. The monoisotopic (exact) mass is 316 g/mol. The Hall–Kier alpha value is -1.30. The number of hydrogen-bond acceptors (Lipinski definition) is 0. The minimum Gasteiger partial charge on any atom is -0.106 e. The molecule has 1 aromatic carbocycles. The van der Waals surface area contributed by atoms with Crippen LogP contribution in [0.1, 0.15) is 66.4 Å². The van der Waals surface area contributed by atoms with Crippen LogP contribution in [0.5, 0.6) is 0 Å². The minimum absolute atomic E-state index is 0.598. The van der Waals surface area contributed by atoms with E-state index in [0.29, 0.717) is 5.92 Å².